The highest BCUT2D eigenvalue weighted by atomic mass is 19.4. The van der Waals surface area contributed by atoms with Crippen LogP contribution in [-0.4, -0.2) is 46.4 Å². The van der Waals surface area contributed by atoms with Gasteiger partial charge >= 0.3 is 6.18 Å². The second kappa shape index (κ2) is 10.0. The van der Waals surface area contributed by atoms with Crippen molar-refractivity contribution in [3.05, 3.63) is 36.4 Å². The van der Waals surface area contributed by atoms with Crippen LogP contribution in [0, 0.1) is 17.3 Å². The molecule has 2 aliphatic heterocycles. The van der Waals surface area contributed by atoms with Crippen LogP contribution in [0.1, 0.15) is 44.1 Å². The fourth-order valence-electron chi connectivity index (χ4n) is 5.86. The standard InChI is InChI=1S/C24H31BF3N5O2/c1-15-8-17-9-23(3,13-25(10-15)11-17)16(2)31-22-30-7-4-18(33-22)21(34)32-19-12-29-6-5-20(19)35-14-24(26,27)28/h4-7,12,15-17H,8-11,13-14H2,1-3H3,(H,32,34)(H,30,31,33). The molecule has 2 aromatic rings. The van der Waals surface area contributed by atoms with E-state index >= 15 is 0 Å². The van der Waals surface area contributed by atoms with Gasteiger partial charge in [0, 0.05) is 24.5 Å². The summed E-state index contributed by atoms with van der Waals surface area (Å²) in [6.07, 6.45) is 5.71. The highest BCUT2D eigenvalue weighted by molar-refractivity contribution is 6.59. The fraction of sp³-hybridized carbons (Fsp3) is 0.583. The Morgan fingerprint density at radius 1 is 1.31 bits per heavy atom. The first-order valence-electron chi connectivity index (χ1n) is 12.1. The van der Waals surface area contributed by atoms with E-state index < -0.39 is 18.7 Å². The average molecular weight is 489 g/mol. The zero-order valence-electron chi connectivity index (χ0n) is 20.2. The van der Waals surface area contributed by atoms with Gasteiger partial charge in [0.15, 0.2) is 6.61 Å². The number of alkyl halides is 3. The van der Waals surface area contributed by atoms with Crippen molar-refractivity contribution in [1.29, 1.82) is 0 Å². The average Bonchev–Trinajstić information content (AvgIpc) is 2.77. The SMILES string of the molecule is CC1CB2CC(C1)CC(C)(C(C)Nc1nccc(C(=O)Nc3cnccc3OCC(F)(F)F)n1)C2. The molecule has 2 N–H and O–H groups in total. The summed E-state index contributed by atoms with van der Waals surface area (Å²) < 4.78 is 42.4. The normalized spacial score (nSPS) is 25.0. The van der Waals surface area contributed by atoms with Crippen molar-refractivity contribution in [2.75, 3.05) is 17.2 Å². The molecule has 188 valence electrons. The van der Waals surface area contributed by atoms with Gasteiger partial charge in [0.25, 0.3) is 5.91 Å². The monoisotopic (exact) mass is 489 g/mol. The third-order valence-corrected chi connectivity index (χ3v) is 7.35. The number of rotatable bonds is 7. The lowest BCUT2D eigenvalue weighted by Gasteiger charge is -2.49. The molecule has 35 heavy (non-hydrogen) atoms. The van der Waals surface area contributed by atoms with Crippen molar-refractivity contribution in [3.8, 4) is 5.75 Å². The lowest BCUT2D eigenvalue weighted by Crippen LogP contribution is -2.47. The summed E-state index contributed by atoms with van der Waals surface area (Å²) in [7, 11) is 0. The lowest BCUT2D eigenvalue weighted by molar-refractivity contribution is -0.153. The number of nitrogens with one attached hydrogen (secondary N) is 2. The van der Waals surface area contributed by atoms with E-state index in [0.717, 1.165) is 31.3 Å². The van der Waals surface area contributed by atoms with E-state index in [2.05, 4.69) is 46.4 Å². The third-order valence-electron chi connectivity index (χ3n) is 7.35. The highest BCUT2D eigenvalue weighted by Gasteiger charge is 2.45. The smallest absolute Gasteiger partial charge is 0.422 e. The van der Waals surface area contributed by atoms with Crippen LogP contribution in [0.25, 0.3) is 0 Å². The van der Waals surface area contributed by atoms with Gasteiger partial charge in [-0.05, 0) is 37.2 Å². The van der Waals surface area contributed by atoms with Crippen molar-refractivity contribution in [2.24, 2.45) is 17.3 Å². The van der Waals surface area contributed by atoms with E-state index in [1.54, 1.807) is 0 Å². The lowest BCUT2D eigenvalue weighted by atomic mass is 9.29. The van der Waals surface area contributed by atoms with Crippen LogP contribution in [0.2, 0.25) is 19.0 Å². The quantitative estimate of drug-likeness (QED) is 0.505. The van der Waals surface area contributed by atoms with Crippen molar-refractivity contribution in [3.63, 3.8) is 0 Å². The molecule has 0 spiro atoms. The van der Waals surface area contributed by atoms with Gasteiger partial charge in [0.2, 0.25) is 5.95 Å². The summed E-state index contributed by atoms with van der Waals surface area (Å²) in [5.74, 6) is 1.16. The number of nitrogens with zero attached hydrogens (tertiary/aromatic N) is 3. The molecular weight excluding hydrogens is 458 g/mol. The summed E-state index contributed by atoms with van der Waals surface area (Å²) in [6, 6.07) is 2.82. The third kappa shape index (κ3) is 6.43. The molecule has 11 heteroatoms. The Morgan fingerprint density at radius 2 is 2.11 bits per heavy atom. The second-order valence-electron chi connectivity index (χ2n) is 10.5. The van der Waals surface area contributed by atoms with Gasteiger partial charge in [-0.2, -0.15) is 13.2 Å². The maximum atomic E-state index is 12.8. The topological polar surface area (TPSA) is 89.0 Å². The Kier molecular flexibility index (Phi) is 7.23. The van der Waals surface area contributed by atoms with Crippen molar-refractivity contribution in [2.45, 2.75) is 64.8 Å². The summed E-state index contributed by atoms with van der Waals surface area (Å²) in [5.41, 5.74) is 0.217. The molecule has 4 unspecified atom stereocenters. The van der Waals surface area contributed by atoms with Crippen molar-refractivity contribution < 1.29 is 22.7 Å². The van der Waals surface area contributed by atoms with E-state index in [0.29, 0.717) is 5.95 Å². The molecule has 2 bridgehead atoms. The number of aromatic nitrogens is 3. The number of carbonyl (C=O) groups is 1. The van der Waals surface area contributed by atoms with Gasteiger partial charge in [0.05, 0.1) is 6.20 Å². The minimum Gasteiger partial charge on any atom is -0.482 e. The molecule has 2 aromatic heterocycles. The summed E-state index contributed by atoms with van der Waals surface area (Å²) in [6.45, 7) is 6.09. The zero-order chi connectivity index (χ0) is 25.2. The first-order chi connectivity index (χ1) is 16.5. The Labute approximate surface area is 203 Å². The van der Waals surface area contributed by atoms with Crippen LogP contribution >= 0.6 is 0 Å². The number of hydrogen-bond donors (Lipinski definition) is 2. The molecule has 4 heterocycles. The van der Waals surface area contributed by atoms with E-state index in [1.165, 1.54) is 49.8 Å². The fourth-order valence-corrected chi connectivity index (χ4v) is 5.86. The number of carbonyl (C=O) groups excluding carboxylic acids is 1. The maximum absolute atomic E-state index is 12.8. The van der Waals surface area contributed by atoms with Gasteiger partial charge in [0.1, 0.15) is 23.8 Å². The Bertz CT molecular complexity index is 1040. The minimum absolute atomic E-state index is 0.0266. The zero-order valence-corrected chi connectivity index (χ0v) is 20.2. The first kappa shape index (κ1) is 25.3. The number of fused-ring (bicyclic) bond motifs is 2. The maximum Gasteiger partial charge on any atom is 0.422 e. The molecule has 4 rings (SSSR count). The summed E-state index contributed by atoms with van der Waals surface area (Å²) in [4.78, 5) is 25.3. The Balaban J connectivity index is 1.42. The van der Waals surface area contributed by atoms with Gasteiger partial charge in [-0.25, -0.2) is 9.97 Å². The highest BCUT2D eigenvalue weighted by Crippen LogP contribution is 2.49. The van der Waals surface area contributed by atoms with E-state index in [4.69, 9.17) is 4.74 Å². The summed E-state index contributed by atoms with van der Waals surface area (Å²) in [5, 5.41) is 5.93. The van der Waals surface area contributed by atoms with Crippen LogP contribution in [0.5, 0.6) is 5.75 Å². The molecule has 7 nitrogen and oxygen atoms in total. The Morgan fingerprint density at radius 3 is 2.86 bits per heavy atom. The second-order valence-corrected chi connectivity index (χ2v) is 10.5. The van der Waals surface area contributed by atoms with Gasteiger partial charge < -0.3 is 15.4 Å². The number of halogens is 3. The number of hydrogen-bond acceptors (Lipinski definition) is 6. The molecule has 2 aliphatic rings. The molecule has 4 atom stereocenters. The number of amides is 1. The molecule has 2 saturated heterocycles. The number of pyridine rings is 1. The molecule has 0 saturated carbocycles. The van der Waals surface area contributed by atoms with Crippen molar-refractivity contribution >= 4 is 24.3 Å². The van der Waals surface area contributed by atoms with Crippen molar-refractivity contribution in [1.82, 2.24) is 15.0 Å². The Hall–Kier alpha value is -2.85. The van der Waals surface area contributed by atoms with Gasteiger partial charge in [-0.1, -0.05) is 38.7 Å². The first-order valence-corrected chi connectivity index (χ1v) is 12.1. The molecule has 0 aliphatic carbocycles. The molecule has 1 amide bonds. The predicted octanol–water partition coefficient (Wildman–Crippen LogP) is 5.43. The molecule has 0 radical (unpaired) electrons. The van der Waals surface area contributed by atoms with Gasteiger partial charge in [-0.3, -0.25) is 9.78 Å². The van der Waals surface area contributed by atoms with Crippen LogP contribution in [-0.2, 0) is 0 Å². The molecule has 2 fully saturated rings. The van der Waals surface area contributed by atoms with Gasteiger partial charge in [-0.15, -0.1) is 0 Å². The largest absolute Gasteiger partial charge is 0.482 e. The van der Waals surface area contributed by atoms with Crippen LogP contribution in [0.15, 0.2) is 30.7 Å². The summed E-state index contributed by atoms with van der Waals surface area (Å²) >= 11 is 0. The number of anilines is 2. The van der Waals surface area contributed by atoms with Crippen LogP contribution in [0.3, 0.4) is 0 Å². The van der Waals surface area contributed by atoms with Crippen LogP contribution in [0.4, 0.5) is 24.8 Å². The van der Waals surface area contributed by atoms with E-state index in [-0.39, 0.29) is 28.6 Å². The van der Waals surface area contributed by atoms with E-state index in [9.17, 15) is 18.0 Å². The van der Waals surface area contributed by atoms with Crippen LogP contribution < -0.4 is 15.4 Å². The predicted molar refractivity (Wildman–Crippen MR) is 129 cm³/mol. The molecular formula is C24H31BF3N5O2. The number of ether oxygens (including phenoxy) is 1. The van der Waals surface area contributed by atoms with E-state index in [1.807, 2.05) is 0 Å². The molecule has 0 aromatic carbocycles. The minimum atomic E-state index is -4.50.